The minimum absolute atomic E-state index is 0.0986. The third-order valence-electron chi connectivity index (χ3n) is 5.64. The summed E-state index contributed by atoms with van der Waals surface area (Å²) in [7, 11) is 0. The maximum atomic E-state index is 13.6. The van der Waals surface area contributed by atoms with Crippen molar-refractivity contribution in [2.45, 2.75) is 17.9 Å². The number of carbonyl (C=O) groups excluding carboxylic acids is 1. The Morgan fingerprint density at radius 3 is 2.38 bits per heavy atom. The normalized spacial score (nSPS) is 15.2. The third-order valence-corrected chi connectivity index (χ3v) is 6.38. The average molecular weight is 444 g/mol. The molecular formula is C26H21NO4S. The number of hydrogen-bond donors (Lipinski definition) is 0. The number of fused-ring (bicyclic) bond motifs is 2. The smallest absolute Gasteiger partial charge is 0.295 e. The van der Waals surface area contributed by atoms with Gasteiger partial charge in [0.25, 0.3) is 5.91 Å². The molecule has 0 radical (unpaired) electrons. The highest BCUT2D eigenvalue weighted by Gasteiger charge is 2.43. The van der Waals surface area contributed by atoms with Gasteiger partial charge in [-0.05, 0) is 67.3 Å². The van der Waals surface area contributed by atoms with E-state index in [9.17, 15) is 9.59 Å². The monoisotopic (exact) mass is 443 g/mol. The van der Waals surface area contributed by atoms with Gasteiger partial charge in [-0.25, -0.2) is 0 Å². The minimum atomic E-state index is -0.577. The molecule has 0 saturated carbocycles. The number of amides is 1. The molecule has 5 rings (SSSR count). The second kappa shape index (κ2) is 8.20. The lowest BCUT2D eigenvalue weighted by atomic mass is 9.98. The molecule has 1 atom stereocenters. The number of thioether (sulfide) groups is 1. The molecule has 0 fully saturated rings. The molecule has 0 saturated heterocycles. The fourth-order valence-corrected chi connectivity index (χ4v) is 4.57. The van der Waals surface area contributed by atoms with E-state index < -0.39 is 6.04 Å². The van der Waals surface area contributed by atoms with Crippen LogP contribution in [0.1, 0.15) is 34.6 Å². The number of rotatable bonds is 5. The molecule has 5 nitrogen and oxygen atoms in total. The van der Waals surface area contributed by atoms with Crippen molar-refractivity contribution in [3.8, 4) is 5.75 Å². The van der Waals surface area contributed by atoms with E-state index in [2.05, 4.69) is 0 Å². The van der Waals surface area contributed by atoms with Gasteiger partial charge in [-0.3, -0.25) is 14.5 Å². The molecule has 160 valence electrons. The van der Waals surface area contributed by atoms with Gasteiger partial charge in [-0.15, -0.1) is 11.8 Å². The zero-order valence-electron chi connectivity index (χ0n) is 17.7. The Balaban J connectivity index is 1.72. The van der Waals surface area contributed by atoms with Crippen LogP contribution in [0, 0.1) is 0 Å². The molecule has 2 heterocycles. The Hall–Kier alpha value is -3.51. The van der Waals surface area contributed by atoms with Gasteiger partial charge >= 0.3 is 0 Å². The minimum Gasteiger partial charge on any atom is -0.494 e. The van der Waals surface area contributed by atoms with Crippen LogP contribution in [0.5, 0.6) is 5.75 Å². The molecule has 0 bridgehead atoms. The highest BCUT2D eigenvalue weighted by atomic mass is 32.2. The Labute approximate surface area is 189 Å². The first kappa shape index (κ1) is 20.4. The molecule has 1 amide bonds. The summed E-state index contributed by atoms with van der Waals surface area (Å²) in [6.07, 6.45) is 2.01. The molecule has 4 aromatic rings. The predicted octanol–water partition coefficient (Wildman–Crippen LogP) is 5.66. The van der Waals surface area contributed by atoms with Crippen molar-refractivity contribution in [2.75, 3.05) is 17.8 Å². The SMILES string of the molecule is CCOc1ccc(N2C(=O)c3oc4ccccc4c(=O)c3C2c2ccc(SC)cc2)cc1. The fraction of sp³-hybridized carbons (Fsp3) is 0.154. The van der Waals surface area contributed by atoms with Crippen molar-refractivity contribution in [2.24, 2.45) is 0 Å². The van der Waals surface area contributed by atoms with E-state index >= 15 is 0 Å². The molecule has 1 aliphatic heterocycles. The van der Waals surface area contributed by atoms with Gasteiger partial charge in [-0.2, -0.15) is 0 Å². The van der Waals surface area contributed by atoms with E-state index in [0.29, 0.717) is 28.8 Å². The summed E-state index contributed by atoms with van der Waals surface area (Å²) < 4.78 is 11.5. The van der Waals surface area contributed by atoms with Crippen LogP contribution in [0.2, 0.25) is 0 Å². The van der Waals surface area contributed by atoms with Crippen molar-refractivity contribution < 1.29 is 13.9 Å². The first-order valence-corrected chi connectivity index (χ1v) is 11.6. The Morgan fingerprint density at radius 2 is 1.69 bits per heavy atom. The van der Waals surface area contributed by atoms with Gasteiger partial charge in [0.1, 0.15) is 11.3 Å². The summed E-state index contributed by atoms with van der Waals surface area (Å²) in [4.78, 5) is 29.8. The zero-order chi connectivity index (χ0) is 22.2. The third kappa shape index (κ3) is 3.28. The molecule has 1 aliphatic rings. The van der Waals surface area contributed by atoms with Crippen LogP contribution in [-0.2, 0) is 0 Å². The lowest BCUT2D eigenvalue weighted by molar-refractivity contribution is 0.0971. The quantitative estimate of drug-likeness (QED) is 0.372. The second-order valence-electron chi connectivity index (χ2n) is 7.45. The topological polar surface area (TPSA) is 59.8 Å². The van der Waals surface area contributed by atoms with Gasteiger partial charge in [0, 0.05) is 10.6 Å². The molecule has 1 unspecified atom stereocenters. The van der Waals surface area contributed by atoms with Crippen LogP contribution in [0.25, 0.3) is 11.0 Å². The van der Waals surface area contributed by atoms with Crippen LogP contribution in [0.3, 0.4) is 0 Å². The lowest BCUT2D eigenvalue weighted by Crippen LogP contribution is -2.29. The number of hydrogen-bond acceptors (Lipinski definition) is 5. The molecule has 1 aromatic heterocycles. The molecule has 0 aliphatic carbocycles. The Kier molecular flexibility index (Phi) is 5.23. The predicted molar refractivity (Wildman–Crippen MR) is 127 cm³/mol. The summed E-state index contributed by atoms with van der Waals surface area (Å²) in [6.45, 7) is 2.48. The summed E-state index contributed by atoms with van der Waals surface area (Å²) in [6, 6.07) is 21.7. The van der Waals surface area contributed by atoms with Crippen molar-refractivity contribution >= 4 is 34.3 Å². The number of ether oxygens (including phenoxy) is 1. The number of para-hydroxylation sites is 1. The average Bonchev–Trinajstić information content (AvgIpc) is 3.12. The highest BCUT2D eigenvalue weighted by Crippen LogP contribution is 2.41. The van der Waals surface area contributed by atoms with Crippen LogP contribution in [0.15, 0.2) is 86.9 Å². The number of anilines is 1. The van der Waals surface area contributed by atoms with E-state index in [-0.39, 0.29) is 17.1 Å². The van der Waals surface area contributed by atoms with Gasteiger partial charge in [0.05, 0.1) is 23.6 Å². The van der Waals surface area contributed by atoms with Crippen LogP contribution in [0.4, 0.5) is 5.69 Å². The molecule has 32 heavy (non-hydrogen) atoms. The first-order valence-electron chi connectivity index (χ1n) is 10.4. The number of benzene rings is 3. The Bertz CT molecular complexity index is 1360. The summed E-state index contributed by atoms with van der Waals surface area (Å²) in [5, 5.41) is 0.471. The van der Waals surface area contributed by atoms with E-state index in [1.54, 1.807) is 40.9 Å². The second-order valence-corrected chi connectivity index (χ2v) is 8.33. The summed E-state index contributed by atoms with van der Waals surface area (Å²) in [5.41, 5.74) is 2.13. The number of carbonyl (C=O) groups is 1. The molecule has 3 aromatic carbocycles. The van der Waals surface area contributed by atoms with E-state index in [4.69, 9.17) is 9.15 Å². The van der Waals surface area contributed by atoms with Crippen molar-refractivity contribution in [3.05, 3.63) is 99.9 Å². The van der Waals surface area contributed by atoms with E-state index in [1.165, 1.54) is 0 Å². The lowest BCUT2D eigenvalue weighted by Gasteiger charge is -2.25. The fourth-order valence-electron chi connectivity index (χ4n) is 4.16. The van der Waals surface area contributed by atoms with E-state index in [0.717, 1.165) is 16.2 Å². The standard InChI is InChI=1S/C26H21NO4S/c1-3-30-18-12-10-17(11-13-18)27-23(16-8-14-19(32-2)15-9-16)22-24(28)20-6-4-5-7-21(20)31-25(22)26(27)29/h4-15,23H,3H2,1-2H3. The van der Waals surface area contributed by atoms with Crippen LogP contribution >= 0.6 is 11.8 Å². The van der Waals surface area contributed by atoms with Crippen molar-refractivity contribution in [1.29, 1.82) is 0 Å². The van der Waals surface area contributed by atoms with Crippen LogP contribution < -0.4 is 15.1 Å². The summed E-state index contributed by atoms with van der Waals surface area (Å²) >= 11 is 1.64. The van der Waals surface area contributed by atoms with Gasteiger partial charge in [-0.1, -0.05) is 24.3 Å². The van der Waals surface area contributed by atoms with Gasteiger partial charge in [0.2, 0.25) is 5.76 Å². The number of nitrogens with zero attached hydrogens (tertiary/aromatic N) is 1. The van der Waals surface area contributed by atoms with Crippen LogP contribution in [-0.4, -0.2) is 18.8 Å². The molecule has 0 N–H and O–H groups in total. The maximum absolute atomic E-state index is 13.6. The highest BCUT2D eigenvalue weighted by molar-refractivity contribution is 7.98. The van der Waals surface area contributed by atoms with Gasteiger partial charge < -0.3 is 9.15 Å². The molecular weight excluding hydrogens is 422 g/mol. The maximum Gasteiger partial charge on any atom is 0.295 e. The molecule has 6 heteroatoms. The Morgan fingerprint density at radius 1 is 0.969 bits per heavy atom. The van der Waals surface area contributed by atoms with Crippen molar-refractivity contribution in [1.82, 2.24) is 0 Å². The van der Waals surface area contributed by atoms with Crippen molar-refractivity contribution in [3.63, 3.8) is 0 Å². The summed E-state index contributed by atoms with van der Waals surface area (Å²) in [5.74, 6) is 0.494. The molecule has 0 spiro atoms. The van der Waals surface area contributed by atoms with E-state index in [1.807, 2.05) is 61.7 Å². The zero-order valence-corrected chi connectivity index (χ0v) is 18.5. The first-order chi connectivity index (χ1) is 15.6. The van der Waals surface area contributed by atoms with Gasteiger partial charge in [0.15, 0.2) is 5.43 Å². The largest absolute Gasteiger partial charge is 0.494 e.